The lowest BCUT2D eigenvalue weighted by Gasteiger charge is -2.22. The van der Waals surface area contributed by atoms with Crippen LogP contribution in [-0.2, 0) is 16.0 Å². The average Bonchev–Trinajstić information content (AvgIpc) is 3.07. The van der Waals surface area contributed by atoms with E-state index >= 15 is 0 Å². The number of hydrogen-bond donors (Lipinski definition) is 1. The van der Waals surface area contributed by atoms with Crippen LogP contribution in [0.15, 0.2) is 30.3 Å². The molecule has 1 aromatic carbocycles. The number of hydrogen-bond acceptors (Lipinski definition) is 5. The third-order valence-corrected chi connectivity index (χ3v) is 4.05. The SMILES string of the molecule is N#Cc1ccc(-c2cc(C(=O)O)n(CCOC3CCCCO3)n2)cc1. The minimum Gasteiger partial charge on any atom is -0.477 e. The predicted molar refractivity (Wildman–Crippen MR) is 88.9 cm³/mol. The second-order valence-electron chi connectivity index (χ2n) is 5.80. The van der Waals surface area contributed by atoms with E-state index in [9.17, 15) is 9.90 Å². The number of aromatic nitrogens is 2. The molecule has 0 bridgehead atoms. The monoisotopic (exact) mass is 341 g/mol. The number of carbonyl (C=O) groups is 1. The van der Waals surface area contributed by atoms with E-state index in [1.165, 1.54) is 10.7 Å². The van der Waals surface area contributed by atoms with Crippen molar-refractivity contribution < 1.29 is 19.4 Å². The molecule has 1 aliphatic rings. The van der Waals surface area contributed by atoms with E-state index in [1.54, 1.807) is 24.3 Å². The molecule has 7 heteroatoms. The summed E-state index contributed by atoms with van der Waals surface area (Å²) in [4.78, 5) is 11.5. The Morgan fingerprint density at radius 2 is 2.20 bits per heavy atom. The molecule has 1 N–H and O–H groups in total. The Morgan fingerprint density at radius 1 is 1.40 bits per heavy atom. The Balaban J connectivity index is 1.70. The molecule has 130 valence electrons. The zero-order chi connectivity index (χ0) is 17.6. The molecule has 1 aromatic heterocycles. The number of carboxylic acid groups (broad SMARTS) is 1. The Bertz CT molecular complexity index is 771. The number of rotatable bonds is 6. The molecule has 1 fully saturated rings. The summed E-state index contributed by atoms with van der Waals surface area (Å²) in [5.41, 5.74) is 1.96. The van der Waals surface area contributed by atoms with E-state index in [1.807, 2.05) is 0 Å². The largest absolute Gasteiger partial charge is 0.477 e. The molecule has 1 atom stereocenters. The minimum absolute atomic E-state index is 0.104. The molecule has 0 radical (unpaired) electrons. The van der Waals surface area contributed by atoms with E-state index in [0.29, 0.717) is 31.0 Å². The number of nitriles is 1. The molecule has 0 saturated carbocycles. The first kappa shape index (κ1) is 17.1. The van der Waals surface area contributed by atoms with Gasteiger partial charge >= 0.3 is 5.97 Å². The van der Waals surface area contributed by atoms with Crippen molar-refractivity contribution in [1.82, 2.24) is 9.78 Å². The van der Waals surface area contributed by atoms with Crippen molar-refractivity contribution in [3.8, 4) is 17.3 Å². The fourth-order valence-corrected chi connectivity index (χ4v) is 2.73. The predicted octanol–water partition coefficient (Wildman–Crippen LogP) is 2.66. The Hall–Kier alpha value is -2.69. The fraction of sp³-hybridized carbons (Fsp3) is 0.389. The van der Waals surface area contributed by atoms with Gasteiger partial charge in [-0.05, 0) is 37.5 Å². The fourth-order valence-electron chi connectivity index (χ4n) is 2.73. The van der Waals surface area contributed by atoms with Crippen molar-refractivity contribution in [3.05, 3.63) is 41.6 Å². The molecular weight excluding hydrogens is 322 g/mol. The van der Waals surface area contributed by atoms with E-state index < -0.39 is 5.97 Å². The number of ether oxygens (including phenoxy) is 2. The summed E-state index contributed by atoms with van der Waals surface area (Å²) >= 11 is 0. The van der Waals surface area contributed by atoms with E-state index in [0.717, 1.165) is 24.8 Å². The molecule has 1 unspecified atom stereocenters. The van der Waals surface area contributed by atoms with Gasteiger partial charge in [-0.2, -0.15) is 10.4 Å². The van der Waals surface area contributed by atoms with E-state index in [-0.39, 0.29) is 12.0 Å². The van der Waals surface area contributed by atoms with Gasteiger partial charge in [-0.15, -0.1) is 0 Å². The van der Waals surface area contributed by atoms with Crippen LogP contribution in [0.5, 0.6) is 0 Å². The first-order chi connectivity index (χ1) is 12.2. The zero-order valence-corrected chi connectivity index (χ0v) is 13.7. The van der Waals surface area contributed by atoms with Crippen LogP contribution in [0.4, 0.5) is 0 Å². The van der Waals surface area contributed by atoms with E-state index in [2.05, 4.69) is 11.2 Å². The highest BCUT2D eigenvalue weighted by Gasteiger charge is 2.17. The summed E-state index contributed by atoms with van der Waals surface area (Å²) in [5, 5.41) is 22.6. The van der Waals surface area contributed by atoms with Crippen molar-refractivity contribution >= 4 is 5.97 Å². The third kappa shape index (κ3) is 4.24. The molecule has 2 heterocycles. The van der Waals surface area contributed by atoms with Gasteiger partial charge in [0.25, 0.3) is 0 Å². The maximum atomic E-state index is 11.5. The van der Waals surface area contributed by atoms with Crippen LogP contribution in [0.3, 0.4) is 0 Å². The molecular formula is C18H19N3O4. The standard InChI is InChI=1S/C18H19N3O4/c19-12-13-4-6-14(7-5-13)15-11-16(18(22)23)21(20-15)8-10-25-17-3-1-2-9-24-17/h4-7,11,17H,1-3,8-10H2,(H,22,23). The van der Waals surface area contributed by atoms with Crippen LogP contribution < -0.4 is 0 Å². The summed E-state index contributed by atoms with van der Waals surface area (Å²) in [7, 11) is 0. The Labute approximate surface area is 145 Å². The van der Waals surface area contributed by atoms with Crippen molar-refractivity contribution in [3.63, 3.8) is 0 Å². The quantitative estimate of drug-likeness (QED) is 0.867. The molecule has 1 saturated heterocycles. The van der Waals surface area contributed by atoms with Crippen LogP contribution in [0, 0.1) is 11.3 Å². The summed E-state index contributed by atoms with van der Waals surface area (Å²) in [6.07, 6.45) is 2.78. The van der Waals surface area contributed by atoms with E-state index in [4.69, 9.17) is 14.7 Å². The molecule has 25 heavy (non-hydrogen) atoms. The normalized spacial score (nSPS) is 17.2. The summed E-state index contributed by atoms with van der Waals surface area (Å²) in [6.45, 7) is 1.37. The first-order valence-corrected chi connectivity index (χ1v) is 8.22. The van der Waals surface area contributed by atoms with Crippen LogP contribution in [0.25, 0.3) is 11.3 Å². The van der Waals surface area contributed by atoms with Gasteiger partial charge in [0.1, 0.15) is 5.69 Å². The third-order valence-electron chi connectivity index (χ3n) is 4.05. The summed E-state index contributed by atoms with van der Waals surface area (Å²) in [6, 6.07) is 10.4. The van der Waals surface area contributed by atoms with Crippen LogP contribution in [-0.4, -0.2) is 40.4 Å². The van der Waals surface area contributed by atoms with Crippen molar-refractivity contribution in [1.29, 1.82) is 5.26 Å². The van der Waals surface area contributed by atoms with Gasteiger partial charge in [0.2, 0.25) is 0 Å². The Kier molecular flexibility index (Phi) is 5.43. The molecule has 2 aromatic rings. The van der Waals surface area contributed by atoms with Gasteiger partial charge < -0.3 is 14.6 Å². The highest BCUT2D eigenvalue weighted by atomic mass is 16.7. The Morgan fingerprint density at radius 3 is 2.84 bits per heavy atom. The lowest BCUT2D eigenvalue weighted by atomic mass is 10.1. The van der Waals surface area contributed by atoms with Crippen molar-refractivity contribution in [2.24, 2.45) is 0 Å². The number of benzene rings is 1. The summed E-state index contributed by atoms with van der Waals surface area (Å²) in [5.74, 6) is -1.04. The van der Waals surface area contributed by atoms with Crippen LogP contribution in [0.1, 0.15) is 35.3 Å². The van der Waals surface area contributed by atoms with Gasteiger partial charge in [0.05, 0.1) is 30.5 Å². The maximum absolute atomic E-state index is 11.5. The highest BCUT2D eigenvalue weighted by molar-refractivity contribution is 5.87. The second-order valence-corrected chi connectivity index (χ2v) is 5.80. The molecule has 3 rings (SSSR count). The average molecular weight is 341 g/mol. The molecule has 0 spiro atoms. The van der Waals surface area contributed by atoms with Gasteiger partial charge in [-0.3, -0.25) is 4.68 Å². The molecule has 0 aliphatic carbocycles. The first-order valence-electron chi connectivity index (χ1n) is 8.22. The number of nitrogens with zero attached hydrogens (tertiary/aromatic N) is 3. The molecule has 7 nitrogen and oxygen atoms in total. The van der Waals surface area contributed by atoms with Crippen LogP contribution >= 0.6 is 0 Å². The zero-order valence-electron chi connectivity index (χ0n) is 13.7. The number of carboxylic acids is 1. The molecule has 1 aliphatic heterocycles. The highest BCUT2D eigenvalue weighted by Crippen LogP contribution is 2.20. The minimum atomic E-state index is -1.04. The lowest BCUT2D eigenvalue weighted by molar-refractivity contribution is -0.163. The topological polar surface area (TPSA) is 97.4 Å². The van der Waals surface area contributed by atoms with Gasteiger partial charge in [0.15, 0.2) is 6.29 Å². The smallest absolute Gasteiger partial charge is 0.354 e. The summed E-state index contributed by atoms with van der Waals surface area (Å²) < 4.78 is 12.6. The second kappa shape index (κ2) is 7.92. The van der Waals surface area contributed by atoms with Gasteiger partial charge in [-0.1, -0.05) is 12.1 Å². The maximum Gasteiger partial charge on any atom is 0.354 e. The van der Waals surface area contributed by atoms with Gasteiger partial charge in [0, 0.05) is 12.2 Å². The van der Waals surface area contributed by atoms with Gasteiger partial charge in [-0.25, -0.2) is 4.79 Å². The van der Waals surface area contributed by atoms with Crippen molar-refractivity contribution in [2.45, 2.75) is 32.1 Å². The lowest BCUT2D eigenvalue weighted by Crippen LogP contribution is -2.24. The van der Waals surface area contributed by atoms with Crippen molar-refractivity contribution in [2.75, 3.05) is 13.2 Å². The molecule has 0 amide bonds. The number of aromatic carboxylic acids is 1. The van der Waals surface area contributed by atoms with Crippen LogP contribution in [0.2, 0.25) is 0 Å².